The summed E-state index contributed by atoms with van der Waals surface area (Å²) >= 11 is 1.60. The van der Waals surface area contributed by atoms with Gasteiger partial charge in [-0.15, -0.1) is 0 Å². The molecule has 0 bridgehead atoms. The molecule has 1 rings (SSSR count). The fraction of sp³-hybridized carbons (Fsp3) is 1.00. The van der Waals surface area contributed by atoms with Crippen molar-refractivity contribution in [2.75, 3.05) is 6.26 Å². The molecule has 1 aliphatic rings. The zero-order chi connectivity index (χ0) is 8.54. The van der Waals surface area contributed by atoms with Crippen LogP contribution in [-0.4, -0.2) is 16.9 Å². The number of hydrogen-bond acceptors (Lipinski definition) is 1. The second kappa shape index (κ2) is 2.92. The summed E-state index contributed by atoms with van der Waals surface area (Å²) in [7, 11) is 0. The third kappa shape index (κ3) is 1.86. The molecule has 0 amide bonds. The lowest BCUT2D eigenvalue weighted by atomic mass is 10.0. The average molecular weight is 180 g/mol. The first-order chi connectivity index (χ1) is 5.04. The quantitative estimate of drug-likeness (QED) is 0.628. The molecular formula is C8H14F2S. The topological polar surface area (TPSA) is 0 Å². The van der Waals surface area contributed by atoms with Crippen molar-refractivity contribution in [1.29, 1.82) is 0 Å². The number of thioether (sulfide) groups is 1. The van der Waals surface area contributed by atoms with E-state index in [4.69, 9.17) is 0 Å². The van der Waals surface area contributed by atoms with Crippen LogP contribution in [0, 0.1) is 0 Å². The molecule has 1 aliphatic carbocycles. The van der Waals surface area contributed by atoms with Crippen LogP contribution < -0.4 is 0 Å². The molecule has 0 heterocycles. The van der Waals surface area contributed by atoms with Crippen molar-refractivity contribution in [3.05, 3.63) is 0 Å². The van der Waals surface area contributed by atoms with Crippen molar-refractivity contribution >= 4 is 11.8 Å². The molecule has 11 heavy (non-hydrogen) atoms. The summed E-state index contributed by atoms with van der Waals surface area (Å²) in [5, 5.41) is 0. The van der Waals surface area contributed by atoms with Crippen molar-refractivity contribution < 1.29 is 8.78 Å². The van der Waals surface area contributed by atoms with Gasteiger partial charge in [-0.05, 0) is 19.1 Å². The monoisotopic (exact) mass is 180 g/mol. The lowest BCUT2D eigenvalue weighted by molar-refractivity contribution is 0.00662. The molecule has 0 nitrogen and oxygen atoms in total. The van der Waals surface area contributed by atoms with Gasteiger partial charge in [0, 0.05) is 17.6 Å². The van der Waals surface area contributed by atoms with Crippen molar-refractivity contribution in [2.45, 2.75) is 43.3 Å². The molecule has 0 saturated heterocycles. The molecule has 1 fully saturated rings. The van der Waals surface area contributed by atoms with E-state index in [0.717, 1.165) is 6.42 Å². The fourth-order valence-corrected chi connectivity index (χ4v) is 2.63. The van der Waals surface area contributed by atoms with Gasteiger partial charge in [0.25, 0.3) is 0 Å². The Balaban J connectivity index is 2.62. The lowest BCUT2D eigenvalue weighted by Gasteiger charge is -2.24. The van der Waals surface area contributed by atoms with E-state index in [1.54, 1.807) is 11.8 Å². The van der Waals surface area contributed by atoms with Gasteiger partial charge in [0.15, 0.2) is 0 Å². The first-order valence-electron chi connectivity index (χ1n) is 3.97. The maximum Gasteiger partial charge on any atom is 0.249 e. The smallest absolute Gasteiger partial charge is 0.207 e. The zero-order valence-electron chi connectivity index (χ0n) is 6.99. The van der Waals surface area contributed by atoms with E-state index in [9.17, 15) is 8.78 Å². The summed E-state index contributed by atoms with van der Waals surface area (Å²) in [4.78, 5) is 0. The molecule has 0 aliphatic heterocycles. The van der Waals surface area contributed by atoms with E-state index < -0.39 is 5.92 Å². The summed E-state index contributed by atoms with van der Waals surface area (Å²) in [6.07, 6.45) is 3.64. The highest BCUT2D eigenvalue weighted by atomic mass is 32.2. The van der Waals surface area contributed by atoms with Crippen molar-refractivity contribution in [2.24, 2.45) is 0 Å². The highest BCUT2D eigenvalue weighted by molar-refractivity contribution is 8.00. The Morgan fingerprint density at radius 1 is 1.36 bits per heavy atom. The standard InChI is InChI=1S/C8H14F2S/c1-3-7(11-2)4-5-8(9,10)6-7/h3-6H2,1-2H3. The summed E-state index contributed by atoms with van der Waals surface area (Å²) in [5.41, 5.74) is 0. The van der Waals surface area contributed by atoms with Gasteiger partial charge in [-0.25, -0.2) is 8.78 Å². The minimum absolute atomic E-state index is 0.0810. The Morgan fingerprint density at radius 2 is 2.00 bits per heavy atom. The van der Waals surface area contributed by atoms with E-state index in [-0.39, 0.29) is 17.6 Å². The van der Waals surface area contributed by atoms with Gasteiger partial charge >= 0.3 is 0 Å². The number of halogens is 2. The van der Waals surface area contributed by atoms with Gasteiger partial charge in [-0.2, -0.15) is 11.8 Å². The van der Waals surface area contributed by atoms with Crippen LogP contribution >= 0.6 is 11.8 Å². The fourth-order valence-electron chi connectivity index (χ4n) is 1.68. The van der Waals surface area contributed by atoms with Crippen LogP contribution in [0.4, 0.5) is 8.78 Å². The molecule has 0 N–H and O–H groups in total. The van der Waals surface area contributed by atoms with Crippen LogP contribution in [-0.2, 0) is 0 Å². The molecule has 1 atom stereocenters. The molecule has 0 spiro atoms. The van der Waals surface area contributed by atoms with Crippen LogP contribution in [0.5, 0.6) is 0 Å². The van der Waals surface area contributed by atoms with Crippen LogP contribution in [0.3, 0.4) is 0 Å². The molecule has 0 aromatic carbocycles. The molecule has 3 heteroatoms. The molecule has 0 aromatic heterocycles. The van der Waals surface area contributed by atoms with Gasteiger partial charge in [-0.3, -0.25) is 0 Å². The van der Waals surface area contributed by atoms with Crippen LogP contribution in [0.2, 0.25) is 0 Å². The summed E-state index contributed by atoms with van der Waals surface area (Å²) < 4.78 is 25.5. The largest absolute Gasteiger partial charge is 0.249 e. The Labute approximate surface area is 70.7 Å². The Hall–Kier alpha value is 0.210. The first kappa shape index (κ1) is 9.30. The van der Waals surface area contributed by atoms with Gasteiger partial charge < -0.3 is 0 Å². The van der Waals surface area contributed by atoms with Crippen molar-refractivity contribution in [3.63, 3.8) is 0 Å². The minimum Gasteiger partial charge on any atom is -0.207 e. The van der Waals surface area contributed by atoms with E-state index >= 15 is 0 Å². The minimum atomic E-state index is -2.39. The third-order valence-corrected chi connectivity index (χ3v) is 4.11. The SMILES string of the molecule is CCC1(SC)CCC(F)(F)C1. The Kier molecular flexibility index (Phi) is 2.47. The van der Waals surface area contributed by atoms with Crippen LogP contribution in [0.25, 0.3) is 0 Å². The number of alkyl halides is 2. The van der Waals surface area contributed by atoms with Gasteiger partial charge in [0.2, 0.25) is 5.92 Å². The number of rotatable bonds is 2. The van der Waals surface area contributed by atoms with Crippen molar-refractivity contribution in [3.8, 4) is 0 Å². The second-order valence-electron chi connectivity index (χ2n) is 3.27. The highest BCUT2D eigenvalue weighted by Crippen LogP contribution is 2.49. The summed E-state index contributed by atoms with van der Waals surface area (Å²) in [5.74, 6) is -2.39. The van der Waals surface area contributed by atoms with Gasteiger partial charge in [-0.1, -0.05) is 6.92 Å². The van der Waals surface area contributed by atoms with Gasteiger partial charge in [0.1, 0.15) is 0 Å². The van der Waals surface area contributed by atoms with Crippen molar-refractivity contribution in [1.82, 2.24) is 0 Å². The summed E-state index contributed by atoms with van der Waals surface area (Å²) in [6.45, 7) is 2.00. The predicted molar refractivity (Wildman–Crippen MR) is 45.3 cm³/mol. The van der Waals surface area contributed by atoms with E-state index in [1.807, 2.05) is 13.2 Å². The molecule has 1 unspecified atom stereocenters. The predicted octanol–water partition coefficient (Wildman–Crippen LogP) is 3.32. The normalized spacial score (nSPS) is 36.0. The highest BCUT2D eigenvalue weighted by Gasteiger charge is 2.47. The molecule has 1 saturated carbocycles. The Morgan fingerprint density at radius 3 is 2.18 bits per heavy atom. The van der Waals surface area contributed by atoms with E-state index in [2.05, 4.69) is 0 Å². The van der Waals surface area contributed by atoms with E-state index in [0.29, 0.717) is 6.42 Å². The van der Waals surface area contributed by atoms with Crippen LogP contribution in [0.15, 0.2) is 0 Å². The molecule has 0 radical (unpaired) electrons. The molecular weight excluding hydrogens is 166 g/mol. The first-order valence-corrected chi connectivity index (χ1v) is 5.19. The Bertz CT molecular complexity index is 141. The maximum absolute atomic E-state index is 12.8. The van der Waals surface area contributed by atoms with E-state index in [1.165, 1.54) is 0 Å². The average Bonchev–Trinajstić information content (AvgIpc) is 2.28. The second-order valence-corrected chi connectivity index (χ2v) is 4.55. The third-order valence-electron chi connectivity index (χ3n) is 2.60. The maximum atomic E-state index is 12.8. The summed E-state index contributed by atoms with van der Waals surface area (Å²) in [6, 6.07) is 0. The zero-order valence-corrected chi connectivity index (χ0v) is 7.81. The molecule has 66 valence electrons. The van der Waals surface area contributed by atoms with Gasteiger partial charge in [0.05, 0.1) is 0 Å². The van der Waals surface area contributed by atoms with Crippen LogP contribution in [0.1, 0.15) is 32.6 Å². The number of hydrogen-bond donors (Lipinski definition) is 0. The molecule has 0 aromatic rings. The lowest BCUT2D eigenvalue weighted by Crippen LogP contribution is -2.22.